The largest absolute Gasteiger partial charge is 0.326 e. The van der Waals surface area contributed by atoms with Crippen LogP contribution in [0.3, 0.4) is 0 Å². The quantitative estimate of drug-likeness (QED) is 0.857. The van der Waals surface area contributed by atoms with E-state index in [1.54, 1.807) is 24.3 Å². The number of hydrogen-bond donors (Lipinski definition) is 1. The zero-order chi connectivity index (χ0) is 15.0. The van der Waals surface area contributed by atoms with Crippen molar-refractivity contribution in [1.82, 2.24) is 4.90 Å². The van der Waals surface area contributed by atoms with Crippen molar-refractivity contribution in [3.8, 4) is 12.1 Å². The molecule has 1 atom stereocenters. The van der Waals surface area contributed by atoms with Gasteiger partial charge in [-0.2, -0.15) is 10.5 Å². The molecule has 1 N–H and O–H groups in total. The molecule has 0 aliphatic carbocycles. The van der Waals surface area contributed by atoms with Crippen molar-refractivity contribution in [2.45, 2.75) is 13.3 Å². The van der Waals surface area contributed by atoms with E-state index < -0.39 is 0 Å². The first kappa shape index (κ1) is 15.7. The highest BCUT2D eigenvalue weighted by Crippen LogP contribution is 2.10. The highest BCUT2D eigenvalue weighted by Gasteiger charge is 2.08. The van der Waals surface area contributed by atoms with Crippen molar-refractivity contribution in [2.75, 3.05) is 25.5 Å². The minimum atomic E-state index is -0.100. The van der Waals surface area contributed by atoms with E-state index in [0.717, 1.165) is 0 Å². The average molecular weight is 270 g/mol. The Balaban J connectivity index is 2.40. The van der Waals surface area contributed by atoms with Crippen molar-refractivity contribution in [1.29, 1.82) is 10.5 Å². The van der Waals surface area contributed by atoms with Crippen LogP contribution in [-0.4, -0.2) is 30.9 Å². The predicted octanol–water partition coefficient (Wildman–Crippen LogP) is 1.98. The Morgan fingerprint density at radius 1 is 1.45 bits per heavy atom. The Labute approximate surface area is 119 Å². The summed E-state index contributed by atoms with van der Waals surface area (Å²) in [6.45, 7) is 3.09. The van der Waals surface area contributed by atoms with Crippen LogP contribution in [0.15, 0.2) is 24.3 Å². The first-order chi connectivity index (χ1) is 9.55. The number of carbonyl (C=O) groups excluding carboxylic acids is 1. The number of nitrogens with zero attached hydrogens (tertiary/aromatic N) is 3. The number of nitriles is 2. The molecule has 1 aromatic rings. The lowest BCUT2D eigenvalue weighted by atomic mass is 10.2. The maximum absolute atomic E-state index is 11.8. The molecule has 0 heterocycles. The van der Waals surface area contributed by atoms with Gasteiger partial charge in [-0.05, 0) is 32.2 Å². The van der Waals surface area contributed by atoms with E-state index in [-0.39, 0.29) is 11.8 Å². The summed E-state index contributed by atoms with van der Waals surface area (Å²) in [5.41, 5.74) is 1.14. The number of hydrogen-bond acceptors (Lipinski definition) is 4. The van der Waals surface area contributed by atoms with Crippen LogP contribution in [0.2, 0.25) is 0 Å². The third-order valence-corrected chi connectivity index (χ3v) is 2.80. The van der Waals surface area contributed by atoms with Gasteiger partial charge in [-0.25, -0.2) is 0 Å². The normalized spacial score (nSPS) is 11.4. The molecular weight excluding hydrogens is 252 g/mol. The lowest BCUT2D eigenvalue weighted by molar-refractivity contribution is -0.116. The molecule has 5 nitrogen and oxygen atoms in total. The van der Waals surface area contributed by atoms with Gasteiger partial charge in [0.15, 0.2) is 0 Å². The van der Waals surface area contributed by atoms with Crippen molar-refractivity contribution < 1.29 is 4.79 Å². The average Bonchev–Trinajstić information content (AvgIpc) is 2.45. The number of rotatable bonds is 6. The highest BCUT2D eigenvalue weighted by molar-refractivity contribution is 5.90. The van der Waals surface area contributed by atoms with E-state index in [2.05, 4.69) is 11.4 Å². The zero-order valence-electron chi connectivity index (χ0n) is 11.8. The topological polar surface area (TPSA) is 79.9 Å². The molecule has 1 aromatic carbocycles. The summed E-state index contributed by atoms with van der Waals surface area (Å²) >= 11 is 0. The van der Waals surface area contributed by atoms with Gasteiger partial charge in [0, 0.05) is 25.2 Å². The number of carbonyl (C=O) groups is 1. The summed E-state index contributed by atoms with van der Waals surface area (Å²) < 4.78 is 0. The molecule has 5 heteroatoms. The van der Waals surface area contributed by atoms with E-state index in [1.165, 1.54) is 0 Å². The monoisotopic (exact) mass is 270 g/mol. The van der Waals surface area contributed by atoms with Crippen molar-refractivity contribution >= 4 is 11.6 Å². The second kappa shape index (κ2) is 7.93. The summed E-state index contributed by atoms with van der Waals surface area (Å²) in [5.74, 6) is -0.146. The van der Waals surface area contributed by atoms with Gasteiger partial charge in [0.1, 0.15) is 0 Å². The fraction of sp³-hybridized carbons (Fsp3) is 0.400. The van der Waals surface area contributed by atoms with Crippen molar-refractivity contribution in [2.24, 2.45) is 5.92 Å². The van der Waals surface area contributed by atoms with Crippen LogP contribution in [0.5, 0.6) is 0 Å². The van der Waals surface area contributed by atoms with E-state index in [9.17, 15) is 4.79 Å². The van der Waals surface area contributed by atoms with Gasteiger partial charge in [-0.3, -0.25) is 4.79 Å². The first-order valence-electron chi connectivity index (χ1n) is 6.43. The molecule has 0 spiro atoms. The Kier molecular flexibility index (Phi) is 6.22. The van der Waals surface area contributed by atoms with Gasteiger partial charge < -0.3 is 10.2 Å². The molecule has 0 saturated carbocycles. The first-order valence-corrected chi connectivity index (χ1v) is 6.43. The molecule has 0 aromatic heterocycles. The lowest BCUT2D eigenvalue weighted by Gasteiger charge is -2.17. The Morgan fingerprint density at radius 2 is 2.20 bits per heavy atom. The number of benzene rings is 1. The molecule has 0 saturated heterocycles. The highest BCUT2D eigenvalue weighted by atomic mass is 16.1. The zero-order valence-corrected chi connectivity index (χ0v) is 11.8. The minimum Gasteiger partial charge on any atom is -0.326 e. The van der Waals surface area contributed by atoms with Gasteiger partial charge in [-0.15, -0.1) is 0 Å². The smallest absolute Gasteiger partial charge is 0.225 e. The van der Waals surface area contributed by atoms with Gasteiger partial charge in [0.2, 0.25) is 5.91 Å². The van der Waals surface area contributed by atoms with E-state index >= 15 is 0 Å². The predicted molar refractivity (Wildman–Crippen MR) is 76.7 cm³/mol. The molecule has 0 aliphatic rings. The fourth-order valence-electron chi connectivity index (χ4n) is 1.78. The SMILES string of the molecule is CC(C#N)CN(C)CCC(=O)Nc1cccc(C#N)c1. The van der Waals surface area contributed by atoms with E-state index in [4.69, 9.17) is 10.5 Å². The molecule has 1 amide bonds. The number of anilines is 1. The molecule has 1 unspecified atom stereocenters. The van der Waals surface area contributed by atoms with Crippen LogP contribution in [0.1, 0.15) is 18.9 Å². The second-order valence-corrected chi connectivity index (χ2v) is 4.78. The maximum Gasteiger partial charge on any atom is 0.225 e. The summed E-state index contributed by atoms with van der Waals surface area (Å²) in [6.07, 6.45) is 0.353. The summed E-state index contributed by atoms with van der Waals surface area (Å²) in [7, 11) is 1.89. The number of nitrogens with one attached hydrogen (secondary N) is 1. The van der Waals surface area contributed by atoms with Gasteiger partial charge >= 0.3 is 0 Å². The van der Waals surface area contributed by atoms with Crippen LogP contribution in [0.4, 0.5) is 5.69 Å². The molecule has 1 rings (SSSR count). The van der Waals surface area contributed by atoms with Crippen molar-refractivity contribution in [3.05, 3.63) is 29.8 Å². The minimum absolute atomic E-state index is 0.0460. The Hall–Kier alpha value is -2.37. The molecule has 0 bridgehead atoms. The summed E-state index contributed by atoms with van der Waals surface area (Å²) in [4.78, 5) is 13.7. The summed E-state index contributed by atoms with van der Waals surface area (Å²) in [5, 5.41) is 20.3. The lowest BCUT2D eigenvalue weighted by Crippen LogP contribution is -2.27. The second-order valence-electron chi connectivity index (χ2n) is 4.78. The standard InChI is InChI=1S/C15H18N4O/c1-12(9-16)11-19(2)7-6-15(20)18-14-5-3-4-13(8-14)10-17/h3-5,8,12H,6-7,11H2,1-2H3,(H,18,20). The summed E-state index contributed by atoms with van der Waals surface area (Å²) in [6, 6.07) is 11.0. The maximum atomic E-state index is 11.8. The molecule has 0 aliphatic heterocycles. The molecule has 104 valence electrons. The van der Waals surface area contributed by atoms with Gasteiger partial charge in [0.05, 0.1) is 23.6 Å². The van der Waals surface area contributed by atoms with Crippen LogP contribution in [0, 0.1) is 28.6 Å². The molecule has 0 fully saturated rings. The van der Waals surface area contributed by atoms with Crippen LogP contribution >= 0.6 is 0 Å². The Morgan fingerprint density at radius 3 is 2.85 bits per heavy atom. The fourth-order valence-corrected chi connectivity index (χ4v) is 1.78. The van der Waals surface area contributed by atoms with Crippen LogP contribution in [0.25, 0.3) is 0 Å². The number of amides is 1. The van der Waals surface area contributed by atoms with Crippen LogP contribution in [-0.2, 0) is 4.79 Å². The van der Waals surface area contributed by atoms with E-state index in [1.807, 2.05) is 24.9 Å². The third kappa shape index (κ3) is 5.51. The van der Waals surface area contributed by atoms with Crippen LogP contribution < -0.4 is 5.32 Å². The molecular formula is C15H18N4O. The Bertz CT molecular complexity index is 542. The van der Waals surface area contributed by atoms with Gasteiger partial charge in [0.25, 0.3) is 0 Å². The third-order valence-electron chi connectivity index (χ3n) is 2.80. The molecule has 20 heavy (non-hydrogen) atoms. The molecule has 0 radical (unpaired) electrons. The van der Waals surface area contributed by atoms with Crippen molar-refractivity contribution in [3.63, 3.8) is 0 Å². The van der Waals surface area contributed by atoms with Gasteiger partial charge in [-0.1, -0.05) is 6.07 Å². The van der Waals surface area contributed by atoms with E-state index in [0.29, 0.717) is 30.8 Å².